The quantitative estimate of drug-likeness (QED) is 0.251. The number of carbonyl (C=O) groups is 1. The molecule has 0 saturated carbocycles. The van der Waals surface area contributed by atoms with E-state index in [9.17, 15) is 20.1 Å². The minimum atomic E-state index is -0.174. The Kier molecular flexibility index (Phi) is 10.0. The summed E-state index contributed by atoms with van der Waals surface area (Å²) in [4.78, 5) is 11.6. The number of carbonyl (C=O) groups excluding carboxylic acids is 1. The van der Waals surface area contributed by atoms with Gasteiger partial charge in [0.15, 0.2) is 17.3 Å². The van der Waals surface area contributed by atoms with Crippen molar-refractivity contribution in [2.45, 2.75) is 70.9 Å². The molecular formula is C36H45ClN2O4. The first kappa shape index (κ1) is 31.4. The number of benzene rings is 2. The van der Waals surface area contributed by atoms with Crippen LogP contribution in [0.15, 0.2) is 60.7 Å². The van der Waals surface area contributed by atoms with Gasteiger partial charge in [0, 0.05) is 29.6 Å². The number of piperidine rings is 2. The van der Waals surface area contributed by atoms with Crippen LogP contribution >= 0.6 is 11.6 Å². The summed E-state index contributed by atoms with van der Waals surface area (Å²) >= 11 is 6.19. The van der Waals surface area contributed by atoms with Gasteiger partial charge < -0.3 is 26.0 Å². The van der Waals surface area contributed by atoms with Gasteiger partial charge in [0.2, 0.25) is 0 Å². The summed E-state index contributed by atoms with van der Waals surface area (Å²) in [6.45, 7) is 10.1. The molecule has 4 aliphatic rings. The molecule has 2 aromatic rings. The van der Waals surface area contributed by atoms with Crippen molar-refractivity contribution in [3.05, 3.63) is 88.0 Å². The van der Waals surface area contributed by atoms with Crippen LogP contribution in [0.4, 0.5) is 0 Å². The van der Waals surface area contributed by atoms with Crippen LogP contribution in [0.3, 0.4) is 0 Å². The Morgan fingerprint density at radius 2 is 1.44 bits per heavy atom. The molecule has 2 aliphatic carbocycles. The monoisotopic (exact) mass is 604 g/mol. The number of aryl methyl sites for hydroxylation is 3. The largest absolute Gasteiger partial charge is 0.508 e. The first-order valence-corrected chi connectivity index (χ1v) is 16.0. The highest BCUT2D eigenvalue weighted by molar-refractivity contribution is 6.31. The van der Waals surface area contributed by atoms with Crippen LogP contribution in [0.1, 0.15) is 54.4 Å². The van der Waals surface area contributed by atoms with Gasteiger partial charge in [-0.2, -0.15) is 0 Å². The molecule has 7 heteroatoms. The Balaban J connectivity index is 0.000000171. The number of halogens is 1. The molecule has 0 spiro atoms. The molecule has 43 heavy (non-hydrogen) atoms. The van der Waals surface area contributed by atoms with Gasteiger partial charge in [0.1, 0.15) is 5.75 Å². The van der Waals surface area contributed by atoms with Crippen molar-refractivity contribution >= 4 is 17.4 Å². The molecule has 2 aromatic carbocycles. The van der Waals surface area contributed by atoms with Crippen LogP contribution in [0.5, 0.6) is 17.2 Å². The average molecular weight is 605 g/mol. The lowest BCUT2D eigenvalue weighted by molar-refractivity contribution is -0.116. The molecule has 2 fully saturated rings. The average Bonchev–Trinajstić information content (AvgIpc) is 2.97. The minimum absolute atomic E-state index is 0.116. The van der Waals surface area contributed by atoms with Crippen molar-refractivity contribution in [2.75, 3.05) is 13.1 Å². The van der Waals surface area contributed by atoms with Crippen LogP contribution < -0.4 is 10.6 Å². The Morgan fingerprint density at radius 1 is 0.814 bits per heavy atom. The van der Waals surface area contributed by atoms with E-state index in [1.165, 1.54) is 29.2 Å². The molecule has 2 heterocycles. The van der Waals surface area contributed by atoms with E-state index < -0.39 is 0 Å². The highest BCUT2D eigenvalue weighted by Gasteiger charge is 2.35. The summed E-state index contributed by atoms with van der Waals surface area (Å²) in [6.07, 6.45) is 15.0. The zero-order valence-corrected chi connectivity index (χ0v) is 26.0. The zero-order valence-electron chi connectivity index (χ0n) is 25.3. The number of hydrogen-bond acceptors (Lipinski definition) is 6. The van der Waals surface area contributed by atoms with Gasteiger partial charge in [-0.25, -0.2) is 0 Å². The lowest BCUT2D eigenvalue weighted by Gasteiger charge is -2.40. The highest BCUT2D eigenvalue weighted by atomic mass is 35.5. The van der Waals surface area contributed by atoms with Gasteiger partial charge in [-0.3, -0.25) is 4.79 Å². The van der Waals surface area contributed by atoms with Crippen molar-refractivity contribution in [1.82, 2.24) is 10.6 Å². The van der Waals surface area contributed by atoms with Crippen LogP contribution in [-0.2, 0) is 17.6 Å². The number of phenols is 3. The molecule has 6 rings (SSSR count). The van der Waals surface area contributed by atoms with E-state index in [4.69, 9.17) is 11.6 Å². The summed E-state index contributed by atoms with van der Waals surface area (Å²) in [7, 11) is 0. The van der Waals surface area contributed by atoms with Crippen molar-refractivity contribution in [2.24, 2.45) is 23.7 Å². The maximum atomic E-state index is 11.6. The van der Waals surface area contributed by atoms with E-state index >= 15 is 0 Å². The predicted octanol–water partition coefficient (Wildman–Crippen LogP) is 6.47. The van der Waals surface area contributed by atoms with Crippen molar-refractivity contribution in [3.63, 3.8) is 0 Å². The molecular weight excluding hydrogens is 560 g/mol. The predicted molar refractivity (Wildman–Crippen MR) is 173 cm³/mol. The van der Waals surface area contributed by atoms with Crippen molar-refractivity contribution < 1.29 is 20.1 Å². The fourth-order valence-electron chi connectivity index (χ4n) is 7.43. The lowest BCUT2D eigenvalue weighted by atomic mass is 9.72. The molecule has 0 aromatic heterocycles. The summed E-state index contributed by atoms with van der Waals surface area (Å²) in [6, 6.07) is 7.67. The Morgan fingerprint density at radius 3 is 2.21 bits per heavy atom. The molecule has 0 amide bonds. The fraction of sp³-hybridized carbons (Fsp3) is 0.472. The molecule has 2 saturated heterocycles. The number of phenolic OH excluding ortho intramolecular Hbond substituents is 3. The van der Waals surface area contributed by atoms with E-state index in [-0.39, 0.29) is 17.3 Å². The van der Waals surface area contributed by atoms with Crippen molar-refractivity contribution in [1.29, 1.82) is 0 Å². The molecule has 0 radical (unpaired) electrons. The van der Waals surface area contributed by atoms with Gasteiger partial charge in [-0.15, -0.1) is 0 Å². The molecule has 6 nitrogen and oxygen atoms in total. The number of nitrogens with one attached hydrogen (secondary N) is 2. The second-order valence-corrected chi connectivity index (χ2v) is 13.3. The second kappa shape index (κ2) is 13.7. The fourth-order valence-corrected chi connectivity index (χ4v) is 7.67. The summed E-state index contributed by atoms with van der Waals surface area (Å²) in [5.74, 6) is 2.47. The SMILES string of the molecule is C=C1C=CC2C(CCNC2Cc2cc(O)c(O)cc2Cl)C1.Cc1cc(C)c(CC[C@H]2NCCC3CC(=O)C=CC32)cc1O. The second-order valence-electron chi connectivity index (χ2n) is 12.9. The van der Waals surface area contributed by atoms with Gasteiger partial charge in [0.25, 0.3) is 0 Å². The Bertz CT molecular complexity index is 1420. The number of hydrogen-bond donors (Lipinski definition) is 5. The van der Waals surface area contributed by atoms with E-state index in [0.29, 0.717) is 52.9 Å². The van der Waals surface area contributed by atoms with E-state index in [1.54, 1.807) is 12.1 Å². The normalized spacial score (nSPS) is 28.1. The minimum Gasteiger partial charge on any atom is -0.508 e. The van der Waals surface area contributed by atoms with E-state index in [0.717, 1.165) is 56.3 Å². The van der Waals surface area contributed by atoms with Gasteiger partial charge in [-0.1, -0.05) is 48.0 Å². The zero-order chi connectivity index (χ0) is 30.7. The smallest absolute Gasteiger partial charge is 0.158 e. The number of fused-ring (bicyclic) bond motifs is 2. The van der Waals surface area contributed by atoms with Crippen molar-refractivity contribution in [3.8, 4) is 17.2 Å². The highest BCUT2D eigenvalue weighted by Crippen LogP contribution is 2.38. The standard InChI is InChI=1S/C19H25NO2.C17H20ClNO2/c1-12-9-13(2)19(22)11-14(12)3-6-18-17-5-4-16(21)10-15(17)7-8-20-18;1-10-2-3-13-11(6-10)4-5-19-15(13)7-12-8-16(20)17(21)9-14(12)18/h4-5,9,11,15,17-18,20,22H,3,6-8,10H2,1-2H3;2-3,8-9,11,13,15,19-21H,1,4-7H2/t15?,17?,18-;/m1./s1. The third-order valence-electron chi connectivity index (χ3n) is 9.87. The molecule has 0 bridgehead atoms. The summed E-state index contributed by atoms with van der Waals surface area (Å²) in [5.41, 5.74) is 5.48. The number of rotatable bonds is 5. The molecule has 6 atom stereocenters. The first-order valence-electron chi connectivity index (χ1n) is 15.6. The van der Waals surface area contributed by atoms with Gasteiger partial charge in [0.05, 0.1) is 0 Å². The Labute approximate surface area is 260 Å². The lowest BCUT2D eigenvalue weighted by Crippen LogP contribution is -2.47. The number of aromatic hydroxyl groups is 3. The summed E-state index contributed by atoms with van der Waals surface area (Å²) in [5, 5.41) is 36.7. The molecule has 2 aliphatic heterocycles. The van der Waals surface area contributed by atoms with Gasteiger partial charge >= 0.3 is 0 Å². The number of ketones is 1. The number of allylic oxidation sites excluding steroid dienone is 3. The summed E-state index contributed by atoms with van der Waals surface area (Å²) < 4.78 is 0. The van der Waals surface area contributed by atoms with Crippen LogP contribution in [-0.4, -0.2) is 46.3 Å². The molecule has 5 unspecified atom stereocenters. The molecule has 230 valence electrons. The van der Waals surface area contributed by atoms with Gasteiger partial charge in [-0.05, 0) is 130 Å². The Hall–Kier alpha value is -3.06. The maximum Gasteiger partial charge on any atom is 0.158 e. The van der Waals surface area contributed by atoms with Crippen LogP contribution in [0.25, 0.3) is 0 Å². The maximum absolute atomic E-state index is 11.6. The van der Waals surface area contributed by atoms with Crippen LogP contribution in [0.2, 0.25) is 5.02 Å². The topological polar surface area (TPSA) is 102 Å². The third kappa shape index (κ3) is 7.54. The van der Waals surface area contributed by atoms with Crippen LogP contribution in [0, 0.1) is 37.5 Å². The molecule has 5 N–H and O–H groups in total. The first-order chi connectivity index (χ1) is 20.6. The van der Waals surface area contributed by atoms with E-state index in [2.05, 4.69) is 48.4 Å². The third-order valence-corrected chi connectivity index (χ3v) is 10.2. The van der Waals surface area contributed by atoms with E-state index in [1.807, 2.05) is 13.0 Å².